The minimum Gasteiger partial charge on any atom is -0.455 e. The zero-order chi connectivity index (χ0) is 32.3. The monoisotopic (exact) mass is 643 g/mol. The summed E-state index contributed by atoms with van der Waals surface area (Å²) < 4.78 is 9.05. The van der Waals surface area contributed by atoms with Gasteiger partial charge >= 0.3 is 0 Å². The van der Waals surface area contributed by atoms with Crippen LogP contribution in [0.3, 0.4) is 0 Å². The minimum atomic E-state index is 0.912. The molecular weight excluding hydrogens is 615 g/mol. The summed E-state index contributed by atoms with van der Waals surface area (Å²) in [7, 11) is 0. The number of para-hydroxylation sites is 2. The second-order valence-corrected chi connectivity index (χ2v) is 13.5. The van der Waals surface area contributed by atoms with Crippen LogP contribution in [-0.4, -0.2) is 0 Å². The van der Waals surface area contributed by atoms with E-state index in [-0.39, 0.29) is 0 Å². The van der Waals surface area contributed by atoms with Gasteiger partial charge in [0.05, 0.1) is 5.69 Å². The van der Waals surface area contributed by atoms with Crippen molar-refractivity contribution in [3.63, 3.8) is 0 Å². The predicted octanol–water partition coefficient (Wildman–Crippen LogP) is 13.9. The normalized spacial score (nSPS) is 11.7. The van der Waals surface area contributed by atoms with Crippen molar-refractivity contribution in [2.24, 2.45) is 0 Å². The molecule has 0 saturated carbocycles. The summed E-state index contributed by atoms with van der Waals surface area (Å²) in [4.78, 5) is 2.41. The van der Waals surface area contributed by atoms with Crippen molar-refractivity contribution in [1.82, 2.24) is 0 Å². The number of benzene rings is 8. The Hall–Kier alpha value is -6.16. The molecule has 0 aliphatic heterocycles. The summed E-state index contributed by atoms with van der Waals surface area (Å²) in [6, 6.07) is 63.2. The lowest BCUT2D eigenvalue weighted by Gasteiger charge is -2.27. The van der Waals surface area contributed by atoms with Gasteiger partial charge in [0.1, 0.15) is 11.2 Å². The van der Waals surface area contributed by atoms with Gasteiger partial charge < -0.3 is 9.32 Å². The van der Waals surface area contributed by atoms with Crippen LogP contribution in [0.4, 0.5) is 17.1 Å². The van der Waals surface area contributed by atoms with Crippen LogP contribution in [-0.2, 0) is 0 Å². The lowest BCUT2D eigenvalue weighted by atomic mass is 10.00. The lowest BCUT2D eigenvalue weighted by molar-refractivity contribution is 0.670. The van der Waals surface area contributed by atoms with E-state index in [1.807, 2.05) is 23.5 Å². The molecule has 0 spiro atoms. The molecule has 0 N–H and O–H groups in total. The molecule has 10 rings (SSSR count). The van der Waals surface area contributed by atoms with Crippen LogP contribution in [0.1, 0.15) is 0 Å². The van der Waals surface area contributed by atoms with E-state index < -0.39 is 0 Å². The van der Waals surface area contributed by atoms with Crippen molar-refractivity contribution in [3.05, 3.63) is 176 Å². The van der Waals surface area contributed by atoms with Crippen LogP contribution in [0.2, 0.25) is 0 Å². The van der Waals surface area contributed by atoms with E-state index in [0.717, 1.165) is 50.1 Å². The van der Waals surface area contributed by atoms with Crippen LogP contribution in [0, 0.1) is 0 Å². The molecule has 0 fully saturated rings. The molecule has 3 heteroatoms. The SMILES string of the molecule is c1ccc(-c2ccc(N(c3ccc(-c4cccc5c4oc4ccccc45)cc3)c3cc4c5ccccc5sc4c4ccccc34)cc2)cc1. The highest BCUT2D eigenvalue weighted by molar-refractivity contribution is 7.26. The maximum atomic E-state index is 6.41. The number of hydrogen-bond acceptors (Lipinski definition) is 3. The number of fused-ring (bicyclic) bond motifs is 8. The summed E-state index contributed by atoms with van der Waals surface area (Å²) in [5.41, 5.74) is 9.82. The minimum absolute atomic E-state index is 0.912. The molecule has 8 aromatic carbocycles. The van der Waals surface area contributed by atoms with Gasteiger partial charge in [-0.25, -0.2) is 0 Å². The van der Waals surface area contributed by atoms with Gasteiger partial charge in [-0.05, 0) is 59.2 Å². The van der Waals surface area contributed by atoms with E-state index in [9.17, 15) is 0 Å². The highest BCUT2D eigenvalue weighted by Crippen LogP contribution is 2.47. The number of hydrogen-bond donors (Lipinski definition) is 0. The van der Waals surface area contributed by atoms with Crippen molar-refractivity contribution >= 4 is 81.3 Å². The second kappa shape index (κ2) is 11.2. The lowest BCUT2D eigenvalue weighted by Crippen LogP contribution is -2.10. The number of furan rings is 1. The van der Waals surface area contributed by atoms with Crippen molar-refractivity contribution < 1.29 is 4.42 Å². The zero-order valence-corrected chi connectivity index (χ0v) is 27.3. The van der Waals surface area contributed by atoms with Gasteiger partial charge in [0.2, 0.25) is 0 Å². The first-order valence-electron chi connectivity index (χ1n) is 16.6. The maximum Gasteiger partial charge on any atom is 0.143 e. The van der Waals surface area contributed by atoms with Crippen LogP contribution < -0.4 is 4.90 Å². The van der Waals surface area contributed by atoms with Gasteiger partial charge in [-0.1, -0.05) is 133 Å². The van der Waals surface area contributed by atoms with Gasteiger partial charge in [0, 0.05) is 58.7 Å². The third-order valence-corrected chi connectivity index (χ3v) is 10.9. The van der Waals surface area contributed by atoms with E-state index in [0.29, 0.717) is 0 Å². The molecule has 49 heavy (non-hydrogen) atoms. The quantitative estimate of drug-likeness (QED) is 0.186. The van der Waals surface area contributed by atoms with Gasteiger partial charge in [-0.2, -0.15) is 0 Å². The first kappa shape index (κ1) is 27.9. The van der Waals surface area contributed by atoms with Crippen molar-refractivity contribution in [2.45, 2.75) is 0 Å². The van der Waals surface area contributed by atoms with Crippen molar-refractivity contribution in [1.29, 1.82) is 0 Å². The fourth-order valence-corrected chi connectivity index (χ4v) is 8.56. The molecule has 0 amide bonds. The maximum absolute atomic E-state index is 6.41. The molecule has 0 saturated heterocycles. The summed E-state index contributed by atoms with van der Waals surface area (Å²) in [6.45, 7) is 0. The van der Waals surface area contributed by atoms with E-state index in [1.165, 1.54) is 42.1 Å². The van der Waals surface area contributed by atoms with E-state index in [2.05, 4.69) is 169 Å². The summed E-state index contributed by atoms with van der Waals surface area (Å²) in [5.74, 6) is 0. The Kier molecular flexibility index (Phi) is 6.39. The topological polar surface area (TPSA) is 16.4 Å². The van der Waals surface area contributed by atoms with Crippen LogP contribution in [0.5, 0.6) is 0 Å². The summed E-state index contributed by atoms with van der Waals surface area (Å²) in [6.07, 6.45) is 0. The molecule has 2 heterocycles. The number of anilines is 3. The van der Waals surface area contributed by atoms with E-state index in [1.54, 1.807) is 0 Å². The Morgan fingerprint density at radius 1 is 0.408 bits per heavy atom. The molecule has 0 aliphatic rings. The average molecular weight is 644 g/mol. The van der Waals surface area contributed by atoms with Crippen LogP contribution >= 0.6 is 11.3 Å². The van der Waals surface area contributed by atoms with E-state index in [4.69, 9.17) is 4.42 Å². The fourth-order valence-electron chi connectivity index (χ4n) is 7.34. The van der Waals surface area contributed by atoms with Crippen molar-refractivity contribution in [2.75, 3.05) is 4.90 Å². The standard InChI is InChI=1S/C46H29NOS/c1-2-11-30(12-3-1)31-21-25-33(26-22-31)47(42-29-41-38-15-7-9-20-44(38)49-46(41)40-16-5-4-13-36(40)42)34-27-23-32(24-28-34)35-17-10-18-39-37-14-6-8-19-43(37)48-45(35)39/h1-29H. The summed E-state index contributed by atoms with van der Waals surface area (Å²) >= 11 is 1.88. The molecule has 2 nitrogen and oxygen atoms in total. The smallest absolute Gasteiger partial charge is 0.143 e. The highest BCUT2D eigenvalue weighted by Gasteiger charge is 2.20. The number of nitrogens with zero attached hydrogens (tertiary/aromatic N) is 1. The molecule has 10 aromatic rings. The Morgan fingerprint density at radius 2 is 1.00 bits per heavy atom. The Labute approximate surface area is 287 Å². The molecule has 0 unspecified atom stereocenters. The van der Waals surface area contributed by atoms with Gasteiger partial charge in [-0.15, -0.1) is 11.3 Å². The molecule has 0 aliphatic carbocycles. The first-order valence-corrected chi connectivity index (χ1v) is 17.4. The molecular formula is C46H29NOS. The van der Waals surface area contributed by atoms with E-state index >= 15 is 0 Å². The molecule has 0 atom stereocenters. The Morgan fingerprint density at radius 3 is 1.78 bits per heavy atom. The Balaban J connectivity index is 1.17. The van der Waals surface area contributed by atoms with Crippen LogP contribution in [0.15, 0.2) is 180 Å². The molecule has 230 valence electrons. The highest BCUT2D eigenvalue weighted by atomic mass is 32.1. The van der Waals surface area contributed by atoms with Crippen LogP contribution in [0.25, 0.3) is 75.1 Å². The second-order valence-electron chi connectivity index (χ2n) is 12.5. The van der Waals surface area contributed by atoms with Gasteiger partial charge in [-0.3, -0.25) is 0 Å². The summed E-state index contributed by atoms with van der Waals surface area (Å²) in [5, 5.41) is 7.36. The first-order chi connectivity index (χ1) is 24.3. The largest absolute Gasteiger partial charge is 0.455 e. The van der Waals surface area contributed by atoms with Crippen molar-refractivity contribution in [3.8, 4) is 22.3 Å². The number of thiophene rings is 1. The molecule has 0 bridgehead atoms. The Bertz CT molecular complexity index is 2810. The predicted molar refractivity (Wildman–Crippen MR) is 210 cm³/mol. The zero-order valence-electron chi connectivity index (χ0n) is 26.5. The third kappa shape index (κ3) is 4.55. The number of rotatable bonds is 5. The molecule has 2 aromatic heterocycles. The van der Waals surface area contributed by atoms with Gasteiger partial charge in [0.25, 0.3) is 0 Å². The van der Waals surface area contributed by atoms with Gasteiger partial charge in [0.15, 0.2) is 0 Å². The fraction of sp³-hybridized carbons (Fsp3) is 0. The molecule has 0 radical (unpaired) electrons. The average Bonchev–Trinajstić information content (AvgIpc) is 3.75. The third-order valence-electron chi connectivity index (χ3n) is 9.68.